The Morgan fingerprint density at radius 1 is 1.50 bits per heavy atom. The van der Waals surface area contributed by atoms with Crippen LogP contribution in [0.5, 0.6) is 0 Å². The molecule has 2 rings (SSSR count). The molecule has 0 aromatic rings. The summed E-state index contributed by atoms with van der Waals surface area (Å²) in [7, 11) is 2.04. The van der Waals surface area contributed by atoms with Gasteiger partial charge in [0, 0.05) is 38.8 Å². The van der Waals surface area contributed by atoms with Crippen LogP contribution in [0.1, 0.15) is 12.8 Å². The van der Waals surface area contributed by atoms with Crippen LogP contribution < -0.4 is 5.32 Å². The van der Waals surface area contributed by atoms with E-state index in [1.54, 1.807) is 0 Å². The first kappa shape index (κ1) is 11.7. The second-order valence-corrected chi connectivity index (χ2v) is 4.75. The fourth-order valence-corrected chi connectivity index (χ4v) is 2.19. The Kier molecular flexibility index (Phi) is 3.66. The summed E-state index contributed by atoms with van der Waals surface area (Å²) in [6.45, 7) is 4.37. The van der Waals surface area contributed by atoms with Gasteiger partial charge in [0.2, 0.25) is 0 Å². The predicted molar refractivity (Wildman–Crippen MR) is 62.5 cm³/mol. The highest BCUT2D eigenvalue weighted by molar-refractivity contribution is 5.81. The molecule has 16 heavy (non-hydrogen) atoms. The molecule has 0 unspecified atom stereocenters. The fraction of sp³-hybridized carbons (Fsp3) is 0.909. The molecule has 1 fully saturated rings. The van der Waals surface area contributed by atoms with Crippen LogP contribution in [0.2, 0.25) is 0 Å². The van der Waals surface area contributed by atoms with E-state index in [1.807, 2.05) is 7.05 Å². The smallest absolute Gasteiger partial charge is 0.193 e. The van der Waals surface area contributed by atoms with Crippen LogP contribution in [0.3, 0.4) is 0 Å². The Bertz CT molecular complexity index is 262. The van der Waals surface area contributed by atoms with E-state index in [4.69, 9.17) is 4.74 Å². The second kappa shape index (κ2) is 5.01. The molecule has 2 aliphatic heterocycles. The van der Waals surface area contributed by atoms with Crippen molar-refractivity contribution in [1.82, 2.24) is 10.2 Å². The highest BCUT2D eigenvalue weighted by Gasteiger charge is 2.32. The van der Waals surface area contributed by atoms with Gasteiger partial charge in [0.1, 0.15) is 0 Å². The number of rotatable bonds is 3. The van der Waals surface area contributed by atoms with Crippen LogP contribution in [0.4, 0.5) is 0 Å². The van der Waals surface area contributed by atoms with Gasteiger partial charge < -0.3 is 20.1 Å². The molecule has 0 aliphatic carbocycles. The molecular formula is C11H21N3O2. The van der Waals surface area contributed by atoms with Gasteiger partial charge in [-0.05, 0) is 12.8 Å². The molecule has 5 heteroatoms. The number of hydrogen-bond acceptors (Lipinski definition) is 5. The quantitative estimate of drug-likeness (QED) is 0.693. The fourth-order valence-electron chi connectivity index (χ4n) is 2.19. The average Bonchev–Trinajstić information content (AvgIpc) is 2.74. The van der Waals surface area contributed by atoms with Crippen molar-refractivity contribution in [3.63, 3.8) is 0 Å². The van der Waals surface area contributed by atoms with Crippen molar-refractivity contribution < 1.29 is 9.84 Å². The maximum absolute atomic E-state index is 9.53. The highest BCUT2D eigenvalue weighted by Crippen LogP contribution is 2.29. The van der Waals surface area contributed by atoms with Crippen molar-refractivity contribution in [3.8, 4) is 0 Å². The Morgan fingerprint density at radius 3 is 2.81 bits per heavy atom. The van der Waals surface area contributed by atoms with Gasteiger partial charge in [-0.1, -0.05) is 0 Å². The van der Waals surface area contributed by atoms with Crippen molar-refractivity contribution in [2.24, 2.45) is 10.4 Å². The maximum Gasteiger partial charge on any atom is 0.193 e. The third kappa shape index (κ3) is 2.47. The first-order valence-corrected chi connectivity index (χ1v) is 5.94. The van der Waals surface area contributed by atoms with Crippen LogP contribution in [0.25, 0.3) is 0 Å². The van der Waals surface area contributed by atoms with E-state index in [0.717, 1.165) is 51.6 Å². The van der Waals surface area contributed by atoms with Crippen molar-refractivity contribution >= 4 is 5.96 Å². The number of aliphatic hydroxyl groups is 1. The van der Waals surface area contributed by atoms with Crippen LogP contribution in [0, 0.1) is 5.41 Å². The zero-order chi connectivity index (χ0) is 11.4. The van der Waals surface area contributed by atoms with Crippen molar-refractivity contribution in [3.05, 3.63) is 0 Å². The van der Waals surface area contributed by atoms with E-state index in [-0.39, 0.29) is 12.0 Å². The summed E-state index contributed by atoms with van der Waals surface area (Å²) >= 11 is 0. The molecule has 0 bridgehead atoms. The number of nitrogens with zero attached hydrogens (tertiary/aromatic N) is 2. The summed E-state index contributed by atoms with van der Waals surface area (Å²) in [4.78, 5) is 6.50. The zero-order valence-corrected chi connectivity index (χ0v) is 9.91. The second-order valence-electron chi connectivity index (χ2n) is 4.75. The molecule has 0 amide bonds. The summed E-state index contributed by atoms with van der Waals surface area (Å²) in [6.07, 6.45) is 1.85. The van der Waals surface area contributed by atoms with E-state index in [9.17, 15) is 5.11 Å². The van der Waals surface area contributed by atoms with Crippen LogP contribution in [-0.4, -0.2) is 62.5 Å². The van der Waals surface area contributed by atoms with Gasteiger partial charge in [-0.2, -0.15) is 0 Å². The molecule has 2 heterocycles. The predicted octanol–water partition coefficient (Wildman–Crippen LogP) is -0.333. The third-order valence-corrected chi connectivity index (χ3v) is 3.57. The Balaban J connectivity index is 1.87. The molecular weight excluding hydrogens is 206 g/mol. The number of ether oxygens (including phenoxy) is 1. The minimum atomic E-state index is -0.0236. The van der Waals surface area contributed by atoms with E-state index < -0.39 is 0 Å². The first-order chi connectivity index (χ1) is 7.76. The topological polar surface area (TPSA) is 57.1 Å². The van der Waals surface area contributed by atoms with Crippen LogP contribution in [-0.2, 0) is 4.74 Å². The average molecular weight is 227 g/mol. The molecule has 0 spiro atoms. The van der Waals surface area contributed by atoms with Crippen molar-refractivity contribution in [2.45, 2.75) is 12.8 Å². The van der Waals surface area contributed by atoms with Crippen LogP contribution >= 0.6 is 0 Å². The van der Waals surface area contributed by atoms with E-state index >= 15 is 0 Å². The van der Waals surface area contributed by atoms with E-state index in [0.29, 0.717) is 0 Å². The lowest BCUT2D eigenvalue weighted by atomic mass is 9.81. The number of likely N-dealkylation sites (N-methyl/N-ethyl adjacent to an activating group) is 1. The van der Waals surface area contributed by atoms with Gasteiger partial charge in [-0.3, -0.25) is 4.99 Å². The van der Waals surface area contributed by atoms with Crippen molar-refractivity contribution in [1.29, 1.82) is 0 Å². The summed E-state index contributed by atoms with van der Waals surface area (Å²) < 4.78 is 5.34. The molecule has 1 saturated heterocycles. The standard InChI is InChI=1S/C11H21N3O2/c1-14-5-4-12-10(14)13-8-11(9-15)2-6-16-7-3-11/h15H,2-9H2,1H3,(H,12,13). The number of aliphatic hydroxyl groups excluding tert-OH is 1. The first-order valence-electron chi connectivity index (χ1n) is 5.94. The van der Waals surface area contributed by atoms with Gasteiger partial charge in [0.15, 0.2) is 5.96 Å². The normalized spacial score (nSPS) is 24.4. The summed E-state index contributed by atoms with van der Waals surface area (Å²) in [5.41, 5.74) is -0.0236. The number of guanidine groups is 1. The molecule has 5 nitrogen and oxygen atoms in total. The summed E-state index contributed by atoms with van der Waals surface area (Å²) in [6, 6.07) is 0. The lowest BCUT2D eigenvalue weighted by Gasteiger charge is -2.36. The molecule has 0 aromatic heterocycles. The van der Waals surface area contributed by atoms with Gasteiger partial charge >= 0.3 is 0 Å². The Labute approximate surface area is 96.5 Å². The molecule has 0 radical (unpaired) electrons. The number of hydrogen-bond donors (Lipinski definition) is 2. The summed E-state index contributed by atoms with van der Waals surface area (Å²) in [5, 5.41) is 12.9. The lowest BCUT2D eigenvalue weighted by molar-refractivity contribution is -0.0133. The van der Waals surface area contributed by atoms with Crippen molar-refractivity contribution in [2.75, 3.05) is 46.5 Å². The molecule has 2 N–H and O–H groups in total. The van der Waals surface area contributed by atoms with Gasteiger partial charge in [-0.15, -0.1) is 0 Å². The molecule has 0 saturated carbocycles. The third-order valence-electron chi connectivity index (χ3n) is 3.57. The maximum atomic E-state index is 9.53. The molecule has 92 valence electrons. The molecule has 2 aliphatic rings. The largest absolute Gasteiger partial charge is 0.396 e. The molecule has 0 aromatic carbocycles. The SMILES string of the molecule is CN1CCN=C1NCC1(CO)CCOCC1. The van der Waals surface area contributed by atoms with Gasteiger partial charge in [0.05, 0.1) is 13.2 Å². The van der Waals surface area contributed by atoms with Gasteiger partial charge in [-0.25, -0.2) is 0 Å². The number of nitrogens with one attached hydrogen (secondary N) is 1. The van der Waals surface area contributed by atoms with E-state index in [2.05, 4.69) is 15.2 Å². The molecule has 0 atom stereocenters. The minimum absolute atomic E-state index is 0.0236. The highest BCUT2D eigenvalue weighted by atomic mass is 16.5. The lowest BCUT2D eigenvalue weighted by Crippen LogP contribution is -2.46. The monoisotopic (exact) mass is 227 g/mol. The zero-order valence-electron chi connectivity index (χ0n) is 9.91. The number of aliphatic imine (C=N–C) groups is 1. The van der Waals surface area contributed by atoms with Crippen LogP contribution in [0.15, 0.2) is 4.99 Å². The van der Waals surface area contributed by atoms with Gasteiger partial charge in [0.25, 0.3) is 0 Å². The van der Waals surface area contributed by atoms with E-state index in [1.165, 1.54) is 0 Å². The summed E-state index contributed by atoms with van der Waals surface area (Å²) in [5.74, 6) is 0.958. The minimum Gasteiger partial charge on any atom is -0.396 e. The Hall–Kier alpha value is -0.810. The Morgan fingerprint density at radius 2 is 2.25 bits per heavy atom.